The van der Waals surface area contributed by atoms with Crippen molar-refractivity contribution in [2.24, 2.45) is 0 Å². The number of hydrogen-bond acceptors (Lipinski definition) is 1. The van der Waals surface area contributed by atoms with Gasteiger partial charge in [-0.15, -0.1) is 0 Å². The maximum Gasteiger partial charge on any atom is 0.0136 e. The Labute approximate surface area is 106 Å². The van der Waals surface area contributed by atoms with Crippen molar-refractivity contribution in [3.8, 4) is 0 Å². The van der Waals surface area contributed by atoms with E-state index in [0.29, 0.717) is 6.04 Å². The molecule has 0 bridgehead atoms. The quantitative estimate of drug-likeness (QED) is 0.804. The third kappa shape index (κ3) is 3.57. The fourth-order valence-electron chi connectivity index (χ4n) is 2.95. The minimum absolute atomic E-state index is 0.706. The summed E-state index contributed by atoms with van der Waals surface area (Å²) in [6, 6.07) is 11.8. The minimum atomic E-state index is 0.706. The standard InChI is InChI=1S/C16H25N/c1-2-3-11-15(14-9-5-4-6-10-14)16-12-7-8-13-17-16/h4-6,9-10,15-17H,2-3,7-8,11-13H2,1H3/t15-,16+/m0/s1. The highest BCUT2D eigenvalue weighted by Crippen LogP contribution is 2.29. The lowest BCUT2D eigenvalue weighted by Crippen LogP contribution is -2.38. The van der Waals surface area contributed by atoms with Crippen LogP contribution in [0, 0.1) is 0 Å². The Balaban J connectivity index is 2.06. The van der Waals surface area contributed by atoms with Gasteiger partial charge in [0.25, 0.3) is 0 Å². The van der Waals surface area contributed by atoms with E-state index in [0.717, 1.165) is 5.92 Å². The molecular formula is C16H25N. The van der Waals surface area contributed by atoms with E-state index >= 15 is 0 Å². The third-order valence-corrected chi connectivity index (χ3v) is 3.93. The third-order valence-electron chi connectivity index (χ3n) is 3.93. The van der Waals surface area contributed by atoms with E-state index in [1.54, 1.807) is 0 Å². The van der Waals surface area contributed by atoms with E-state index in [1.165, 1.54) is 50.6 Å². The maximum absolute atomic E-state index is 3.73. The van der Waals surface area contributed by atoms with Crippen LogP contribution in [0.5, 0.6) is 0 Å². The van der Waals surface area contributed by atoms with Crippen LogP contribution in [0.1, 0.15) is 56.9 Å². The van der Waals surface area contributed by atoms with Crippen molar-refractivity contribution in [2.75, 3.05) is 6.54 Å². The maximum atomic E-state index is 3.73. The molecule has 1 N–H and O–H groups in total. The van der Waals surface area contributed by atoms with Gasteiger partial charge in [0.1, 0.15) is 0 Å². The highest BCUT2D eigenvalue weighted by molar-refractivity contribution is 5.21. The molecule has 1 heteroatoms. The molecule has 1 nitrogen and oxygen atoms in total. The average Bonchev–Trinajstić information content (AvgIpc) is 2.42. The monoisotopic (exact) mass is 231 g/mol. The van der Waals surface area contributed by atoms with Crippen molar-refractivity contribution in [1.82, 2.24) is 5.32 Å². The summed E-state index contributed by atoms with van der Waals surface area (Å²) in [5, 5.41) is 3.73. The summed E-state index contributed by atoms with van der Waals surface area (Å²) in [5.74, 6) is 0.719. The molecule has 2 atom stereocenters. The Hall–Kier alpha value is -0.820. The summed E-state index contributed by atoms with van der Waals surface area (Å²) in [4.78, 5) is 0. The molecule has 1 aromatic rings. The summed E-state index contributed by atoms with van der Waals surface area (Å²) >= 11 is 0. The predicted molar refractivity (Wildman–Crippen MR) is 74.3 cm³/mol. The topological polar surface area (TPSA) is 12.0 Å². The van der Waals surface area contributed by atoms with Crippen LogP contribution in [-0.4, -0.2) is 12.6 Å². The van der Waals surface area contributed by atoms with E-state index in [-0.39, 0.29) is 0 Å². The minimum Gasteiger partial charge on any atom is -0.313 e. The molecule has 0 saturated carbocycles. The second-order valence-corrected chi connectivity index (χ2v) is 5.22. The molecule has 2 rings (SSSR count). The molecule has 17 heavy (non-hydrogen) atoms. The number of benzene rings is 1. The van der Waals surface area contributed by atoms with Crippen LogP contribution < -0.4 is 5.32 Å². The Bertz CT molecular complexity index is 301. The van der Waals surface area contributed by atoms with E-state index in [1.807, 2.05) is 0 Å². The van der Waals surface area contributed by atoms with E-state index in [4.69, 9.17) is 0 Å². The average molecular weight is 231 g/mol. The van der Waals surface area contributed by atoms with Gasteiger partial charge in [-0.2, -0.15) is 0 Å². The van der Waals surface area contributed by atoms with Crippen LogP contribution in [-0.2, 0) is 0 Å². The second-order valence-electron chi connectivity index (χ2n) is 5.22. The first-order valence-electron chi connectivity index (χ1n) is 7.20. The van der Waals surface area contributed by atoms with Crippen molar-refractivity contribution in [2.45, 2.75) is 57.4 Å². The van der Waals surface area contributed by atoms with Gasteiger partial charge in [-0.1, -0.05) is 56.5 Å². The van der Waals surface area contributed by atoms with Crippen molar-refractivity contribution < 1.29 is 0 Å². The molecular weight excluding hydrogens is 206 g/mol. The molecule has 1 aliphatic heterocycles. The first-order valence-corrected chi connectivity index (χ1v) is 7.20. The zero-order valence-electron chi connectivity index (χ0n) is 11.0. The van der Waals surface area contributed by atoms with E-state index in [9.17, 15) is 0 Å². The molecule has 0 aliphatic carbocycles. The Morgan fingerprint density at radius 1 is 1.24 bits per heavy atom. The van der Waals surface area contributed by atoms with Gasteiger partial charge in [0.05, 0.1) is 0 Å². The van der Waals surface area contributed by atoms with Gasteiger partial charge in [0, 0.05) is 6.04 Å². The van der Waals surface area contributed by atoms with Gasteiger partial charge in [-0.3, -0.25) is 0 Å². The smallest absolute Gasteiger partial charge is 0.0136 e. The largest absolute Gasteiger partial charge is 0.313 e. The normalized spacial score (nSPS) is 22.3. The molecule has 1 fully saturated rings. The van der Waals surface area contributed by atoms with Gasteiger partial charge in [-0.25, -0.2) is 0 Å². The molecule has 1 aromatic carbocycles. The summed E-state index contributed by atoms with van der Waals surface area (Å²) in [6.07, 6.45) is 8.08. The first kappa shape index (κ1) is 12.6. The van der Waals surface area contributed by atoms with Crippen molar-refractivity contribution in [3.05, 3.63) is 35.9 Å². The van der Waals surface area contributed by atoms with Crippen LogP contribution in [0.25, 0.3) is 0 Å². The summed E-state index contributed by atoms with van der Waals surface area (Å²) in [6.45, 7) is 3.50. The molecule has 0 amide bonds. The molecule has 0 aromatic heterocycles. The lowest BCUT2D eigenvalue weighted by molar-refractivity contribution is 0.334. The fraction of sp³-hybridized carbons (Fsp3) is 0.625. The van der Waals surface area contributed by atoms with Crippen LogP contribution in [0.15, 0.2) is 30.3 Å². The zero-order valence-corrected chi connectivity index (χ0v) is 11.0. The lowest BCUT2D eigenvalue weighted by Gasteiger charge is -2.32. The highest BCUT2D eigenvalue weighted by Gasteiger charge is 2.23. The summed E-state index contributed by atoms with van der Waals surface area (Å²) in [5.41, 5.74) is 1.53. The Morgan fingerprint density at radius 2 is 2.06 bits per heavy atom. The number of unbranched alkanes of at least 4 members (excludes halogenated alkanes) is 1. The molecule has 0 spiro atoms. The molecule has 1 aliphatic rings. The van der Waals surface area contributed by atoms with Crippen molar-refractivity contribution in [3.63, 3.8) is 0 Å². The first-order chi connectivity index (χ1) is 8.42. The molecule has 1 heterocycles. The summed E-state index contributed by atoms with van der Waals surface area (Å²) in [7, 11) is 0. The number of rotatable bonds is 5. The SMILES string of the molecule is CCCC[C@@H](c1ccccc1)[C@H]1CCCCN1. The predicted octanol–water partition coefficient (Wildman–Crippen LogP) is 4.10. The van der Waals surface area contributed by atoms with Gasteiger partial charge >= 0.3 is 0 Å². The second kappa shape index (κ2) is 6.80. The fourth-order valence-corrected chi connectivity index (χ4v) is 2.95. The van der Waals surface area contributed by atoms with Crippen LogP contribution in [0.4, 0.5) is 0 Å². The Kier molecular flexibility index (Phi) is 5.06. The van der Waals surface area contributed by atoms with Gasteiger partial charge < -0.3 is 5.32 Å². The van der Waals surface area contributed by atoms with Gasteiger partial charge in [-0.05, 0) is 37.3 Å². The van der Waals surface area contributed by atoms with Crippen LogP contribution >= 0.6 is 0 Å². The lowest BCUT2D eigenvalue weighted by atomic mass is 9.83. The van der Waals surface area contributed by atoms with Gasteiger partial charge in [0.2, 0.25) is 0 Å². The number of nitrogens with one attached hydrogen (secondary N) is 1. The van der Waals surface area contributed by atoms with Crippen LogP contribution in [0.2, 0.25) is 0 Å². The van der Waals surface area contributed by atoms with Gasteiger partial charge in [0.15, 0.2) is 0 Å². The van der Waals surface area contributed by atoms with E-state index < -0.39 is 0 Å². The van der Waals surface area contributed by atoms with Crippen molar-refractivity contribution >= 4 is 0 Å². The molecule has 0 radical (unpaired) electrons. The number of hydrogen-bond donors (Lipinski definition) is 1. The summed E-state index contributed by atoms with van der Waals surface area (Å²) < 4.78 is 0. The van der Waals surface area contributed by atoms with Crippen molar-refractivity contribution in [1.29, 1.82) is 0 Å². The van der Waals surface area contributed by atoms with E-state index in [2.05, 4.69) is 42.6 Å². The van der Waals surface area contributed by atoms with Crippen LogP contribution in [0.3, 0.4) is 0 Å². The highest BCUT2D eigenvalue weighted by atomic mass is 14.9. The molecule has 94 valence electrons. The Morgan fingerprint density at radius 3 is 2.71 bits per heavy atom. The zero-order chi connectivity index (χ0) is 11.9. The number of piperidine rings is 1. The molecule has 0 unspecified atom stereocenters. The molecule has 1 saturated heterocycles.